The Hall–Kier alpha value is -2.75. The van der Waals surface area contributed by atoms with E-state index in [1.54, 1.807) is 0 Å². The van der Waals surface area contributed by atoms with Crippen molar-refractivity contribution in [2.75, 3.05) is 11.9 Å². The van der Waals surface area contributed by atoms with Gasteiger partial charge in [0.1, 0.15) is 11.9 Å². The summed E-state index contributed by atoms with van der Waals surface area (Å²) in [5.41, 5.74) is 6.98. The minimum Gasteiger partial charge on any atom is -0.494 e. The van der Waals surface area contributed by atoms with Crippen LogP contribution < -0.4 is 10.1 Å². The minimum atomic E-state index is -0.0158. The van der Waals surface area contributed by atoms with E-state index in [0.717, 1.165) is 22.7 Å². The van der Waals surface area contributed by atoms with E-state index in [0.29, 0.717) is 6.61 Å². The van der Waals surface area contributed by atoms with Gasteiger partial charge in [-0.15, -0.1) is 0 Å². The Labute approximate surface area is 142 Å². The molecule has 0 amide bonds. The fourth-order valence-corrected chi connectivity index (χ4v) is 3.32. The van der Waals surface area contributed by atoms with Crippen LogP contribution in [0.25, 0.3) is 11.3 Å². The summed E-state index contributed by atoms with van der Waals surface area (Å²) in [6.45, 7) is 6.85. The van der Waals surface area contributed by atoms with Gasteiger partial charge in [-0.25, -0.2) is 4.68 Å². The molecule has 0 aliphatic carbocycles. The average Bonchev–Trinajstić information content (AvgIpc) is 2.97. The van der Waals surface area contributed by atoms with Crippen molar-refractivity contribution in [1.29, 1.82) is 0 Å². The van der Waals surface area contributed by atoms with Crippen molar-refractivity contribution in [2.45, 2.75) is 26.9 Å². The third-order valence-electron chi connectivity index (χ3n) is 4.44. The number of fused-ring (bicyclic) bond motifs is 3. The van der Waals surface area contributed by atoms with Crippen LogP contribution in [-0.4, -0.2) is 16.4 Å². The smallest absolute Gasteiger partial charge is 0.147 e. The van der Waals surface area contributed by atoms with Crippen LogP contribution in [-0.2, 0) is 0 Å². The van der Waals surface area contributed by atoms with E-state index in [4.69, 9.17) is 9.84 Å². The van der Waals surface area contributed by atoms with Crippen LogP contribution in [0.2, 0.25) is 0 Å². The molecular weight excluding hydrogens is 298 g/mol. The molecule has 1 aromatic heterocycles. The summed E-state index contributed by atoms with van der Waals surface area (Å²) in [6, 6.07) is 16.8. The molecule has 1 atom stereocenters. The molecular formula is C20H21N3O. The summed E-state index contributed by atoms with van der Waals surface area (Å²) in [7, 11) is 0. The molecule has 0 saturated heterocycles. The molecule has 3 aromatic rings. The van der Waals surface area contributed by atoms with Gasteiger partial charge >= 0.3 is 0 Å². The number of hydrogen-bond acceptors (Lipinski definition) is 3. The summed E-state index contributed by atoms with van der Waals surface area (Å²) in [5.74, 6) is 0.894. The lowest BCUT2D eigenvalue weighted by molar-refractivity contribution is 0.340. The van der Waals surface area contributed by atoms with Crippen molar-refractivity contribution in [1.82, 2.24) is 9.78 Å². The molecule has 24 heavy (non-hydrogen) atoms. The summed E-state index contributed by atoms with van der Waals surface area (Å²) < 4.78 is 7.63. The maximum absolute atomic E-state index is 5.55. The molecule has 1 unspecified atom stereocenters. The second kappa shape index (κ2) is 5.71. The Morgan fingerprint density at radius 1 is 1.12 bits per heavy atom. The zero-order chi connectivity index (χ0) is 16.7. The van der Waals surface area contributed by atoms with Crippen molar-refractivity contribution in [2.24, 2.45) is 0 Å². The van der Waals surface area contributed by atoms with Gasteiger partial charge in [-0.05, 0) is 50.1 Å². The van der Waals surface area contributed by atoms with E-state index in [-0.39, 0.29) is 6.17 Å². The zero-order valence-electron chi connectivity index (χ0n) is 14.2. The Bertz CT molecular complexity index is 880. The first-order valence-electron chi connectivity index (χ1n) is 8.33. The molecule has 0 bridgehead atoms. The monoisotopic (exact) mass is 319 g/mol. The van der Waals surface area contributed by atoms with Gasteiger partial charge in [-0.2, -0.15) is 5.10 Å². The molecule has 2 heterocycles. The van der Waals surface area contributed by atoms with E-state index in [1.807, 2.05) is 26.0 Å². The lowest BCUT2D eigenvalue weighted by atomic mass is 10.0. The van der Waals surface area contributed by atoms with Gasteiger partial charge < -0.3 is 10.1 Å². The minimum absolute atomic E-state index is 0.0158. The normalized spacial score (nSPS) is 15.4. The van der Waals surface area contributed by atoms with Crippen LogP contribution in [0.15, 0.2) is 48.5 Å². The van der Waals surface area contributed by atoms with Crippen LogP contribution in [0.1, 0.15) is 29.9 Å². The highest BCUT2D eigenvalue weighted by Crippen LogP contribution is 2.40. The Balaban J connectivity index is 1.81. The van der Waals surface area contributed by atoms with Gasteiger partial charge in [-0.3, -0.25) is 0 Å². The second-order valence-electron chi connectivity index (χ2n) is 6.16. The van der Waals surface area contributed by atoms with Crippen LogP contribution >= 0.6 is 0 Å². The number of nitrogens with one attached hydrogen (secondary N) is 1. The van der Waals surface area contributed by atoms with E-state index < -0.39 is 0 Å². The van der Waals surface area contributed by atoms with E-state index in [1.165, 1.54) is 16.8 Å². The highest BCUT2D eigenvalue weighted by Gasteiger charge is 2.27. The van der Waals surface area contributed by atoms with Gasteiger partial charge in [0, 0.05) is 11.3 Å². The van der Waals surface area contributed by atoms with Crippen molar-refractivity contribution in [3.63, 3.8) is 0 Å². The number of benzene rings is 2. The Morgan fingerprint density at radius 3 is 2.67 bits per heavy atom. The Morgan fingerprint density at radius 2 is 1.92 bits per heavy atom. The lowest BCUT2D eigenvalue weighted by Crippen LogP contribution is -2.26. The van der Waals surface area contributed by atoms with Crippen LogP contribution in [0.5, 0.6) is 5.75 Å². The molecule has 1 aliphatic heterocycles. The molecule has 1 aliphatic rings. The van der Waals surface area contributed by atoms with E-state index in [9.17, 15) is 0 Å². The van der Waals surface area contributed by atoms with Gasteiger partial charge in [-0.1, -0.05) is 30.3 Å². The number of rotatable bonds is 3. The number of aryl methyl sites for hydroxylation is 2. The topological polar surface area (TPSA) is 39.1 Å². The molecule has 0 spiro atoms. The summed E-state index contributed by atoms with van der Waals surface area (Å²) in [4.78, 5) is 0. The van der Waals surface area contributed by atoms with Gasteiger partial charge in [0.2, 0.25) is 0 Å². The number of ether oxygens (including phenoxy) is 1. The van der Waals surface area contributed by atoms with Crippen LogP contribution in [0, 0.1) is 13.8 Å². The van der Waals surface area contributed by atoms with Crippen LogP contribution in [0.4, 0.5) is 5.69 Å². The predicted molar refractivity (Wildman–Crippen MR) is 96.5 cm³/mol. The third kappa shape index (κ3) is 2.35. The molecule has 4 rings (SSSR count). The molecule has 122 valence electrons. The lowest BCUT2D eigenvalue weighted by Gasteiger charge is -2.30. The van der Waals surface area contributed by atoms with E-state index in [2.05, 4.69) is 53.3 Å². The second-order valence-corrected chi connectivity index (χ2v) is 6.16. The fourth-order valence-electron chi connectivity index (χ4n) is 3.32. The van der Waals surface area contributed by atoms with E-state index >= 15 is 0 Å². The van der Waals surface area contributed by atoms with Crippen molar-refractivity contribution in [3.05, 3.63) is 65.4 Å². The largest absolute Gasteiger partial charge is 0.494 e. The molecule has 4 nitrogen and oxygen atoms in total. The number of anilines is 1. The van der Waals surface area contributed by atoms with Gasteiger partial charge in [0.25, 0.3) is 0 Å². The number of aromatic nitrogens is 2. The van der Waals surface area contributed by atoms with Crippen LogP contribution in [0.3, 0.4) is 0 Å². The molecule has 2 aromatic carbocycles. The quantitative estimate of drug-likeness (QED) is 0.770. The van der Waals surface area contributed by atoms with Crippen molar-refractivity contribution in [3.8, 4) is 17.0 Å². The number of para-hydroxylation sites is 1. The highest BCUT2D eigenvalue weighted by atomic mass is 16.5. The first-order valence-corrected chi connectivity index (χ1v) is 8.33. The molecule has 0 saturated carbocycles. The predicted octanol–water partition coefficient (Wildman–Crippen LogP) is 4.54. The Kier molecular flexibility index (Phi) is 3.53. The first kappa shape index (κ1) is 14.8. The molecule has 1 N–H and O–H groups in total. The maximum atomic E-state index is 5.55. The molecule has 0 fully saturated rings. The molecule has 0 radical (unpaired) electrons. The highest BCUT2D eigenvalue weighted by molar-refractivity contribution is 5.81. The number of hydrogen-bond donors (Lipinski definition) is 1. The third-order valence-corrected chi connectivity index (χ3v) is 4.44. The molecule has 4 heteroatoms. The summed E-state index contributed by atoms with van der Waals surface area (Å²) in [5, 5.41) is 8.38. The summed E-state index contributed by atoms with van der Waals surface area (Å²) >= 11 is 0. The maximum Gasteiger partial charge on any atom is 0.147 e. The number of nitrogens with zero attached hydrogens (tertiary/aromatic N) is 2. The fraction of sp³-hybridized carbons (Fsp3) is 0.250. The first-order chi connectivity index (χ1) is 11.7. The average molecular weight is 319 g/mol. The van der Waals surface area contributed by atoms with Crippen molar-refractivity contribution >= 4 is 5.69 Å². The SMILES string of the molecule is CCOc1ccc(C2Nc3c(C)cccc3-c3cc(C)nn32)cc1. The van der Waals surface area contributed by atoms with Gasteiger partial charge in [0.05, 0.1) is 18.0 Å². The summed E-state index contributed by atoms with van der Waals surface area (Å²) in [6.07, 6.45) is -0.0158. The van der Waals surface area contributed by atoms with Crippen molar-refractivity contribution < 1.29 is 4.74 Å². The van der Waals surface area contributed by atoms with Gasteiger partial charge in [0.15, 0.2) is 0 Å². The zero-order valence-corrected chi connectivity index (χ0v) is 14.2. The standard InChI is InChI=1S/C20H21N3O/c1-4-24-16-10-8-15(9-11-16)20-21-19-13(2)6-5-7-17(19)18-12-14(3)22-23(18)20/h5-12,20-21H,4H2,1-3H3.